The maximum Gasteiger partial charge on any atom is 0.326 e. The van der Waals surface area contributed by atoms with Gasteiger partial charge in [-0.3, -0.25) is 9.59 Å². The topological polar surface area (TPSA) is 121 Å². The molecule has 3 rings (SSSR count). The van der Waals surface area contributed by atoms with Crippen LogP contribution in [0, 0.1) is 11.6 Å². The molecule has 2 N–H and O–H groups in total. The lowest BCUT2D eigenvalue weighted by molar-refractivity contribution is -0.143. The van der Waals surface area contributed by atoms with Gasteiger partial charge < -0.3 is 9.30 Å². The first-order chi connectivity index (χ1) is 14.1. The molecule has 0 unspecified atom stereocenters. The molecule has 0 aliphatic carbocycles. The van der Waals surface area contributed by atoms with Gasteiger partial charge in [0.05, 0.1) is 21.7 Å². The number of esters is 1. The largest absolute Gasteiger partial charge is 0.465 e. The van der Waals surface area contributed by atoms with Gasteiger partial charge in [-0.1, -0.05) is 17.4 Å². The Morgan fingerprint density at radius 3 is 2.47 bits per heavy atom. The van der Waals surface area contributed by atoms with Crippen molar-refractivity contribution in [2.24, 2.45) is 10.1 Å². The van der Waals surface area contributed by atoms with E-state index >= 15 is 0 Å². The molecular formula is C18H15F2N3O5S2. The van der Waals surface area contributed by atoms with Crippen LogP contribution in [0.4, 0.5) is 8.78 Å². The lowest BCUT2D eigenvalue weighted by Gasteiger charge is -2.06. The molecule has 3 aromatic rings. The number of carbonyl (C=O) groups is 2. The molecular weight excluding hydrogens is 440 g/mol. The lowest BCUT2D eigenvalue weighted by atomic mass is 10.2. The van der Waals surface area contributed by atoms with E-state index in [9.17, 15) is 26.8 Å². The second-order valence-electron chi connectivity index (χ2n) is 5.96. The highest BCUT2D eigenvalue weighted by Gasteiger charge is 2.19. The van der Waals surface area contributed by atoms with E-state index in [2.05, 4.69) is 4.99 Å². The molecule has 1 amide bonds. The van der Waals surface area contributed by atoms with E-state index in [0.717, 1.165) is 29.5 Å². The van der Waals surface area contributed by atoms with Gasteiger partial charge in [0.25, 0.3) is 5.91 Å². The molecule has 158 valence electrons. The molecule has 30 heavy (non-hydrogen) atoms. The van der Waals surface area contributed by atoms with E-state index < -0.39 is 39.1 Å². The Balaban J connectivity index is 2.22. The predicted octanol–water partition coefficient (Wildman–Crippen LogP) is 1.93. The van der Waals surface area contributed by atoms with Crippen molar-refractivity contribution in [3.63, 3.8) is 0 Å². The minimum Gasteiger partial charge on any atom is -0.465 e. The van der Waals surface area contributed by atoms with Crippen LogP contribution < -0.4 is 9.94 Å². The van der Waals surface area contributed by atoms with E-state index in [4.69, 9.17) is 9.88 Å². The van der Waals surface area contributed by atoms with Crippen LogP contribution in [-0.4, -0.2) is 31.5 Å². The second kappa shape index (κ2) is 8.42. The predicted molar refractivity (Wildman–Crippen MR) is 104 cm³/mol. The van der Waals surface area contributed by atoms with Gasteiger partial charge in [-0.25, -0.2) is 22.3 Å². The number of amides is 1. The summed E-state index contributed by atoms with van der Waals surface area (Å²) in [5.74, 6) is -4.00. The highest BCUT2D eigenvalue weighted by atomic mass is 32.2. The Labute approximate surface area is 173 Å². The van der Waals surface area contributed by atoms with Crippen LogP contribution in [0.5, 0.6) is 0 Å². The molecule has 1 aromatic heterocycles. The van der Waals surface area contributed by atoms with Gasteiger partial charge in [-0.2, -0.15) is 4.99 Å². The summed E-state index contributed by atoms with van der Waals surface area (Å²) in [7, 11) is -4.00. The molecule has 0 saturated heterocycles. The summed E-state index contributed by atoms with van der Waals surface area (Å²) in [4.78, 5) is 27.9. The van der Waals surface area contributed by atoms with Crippen LogP contribution in [-0.2, 0) is 26.1 Å². The third kappa shape index (κ3) is 4.45. The van der Waals surface area contributed by atoms with Gasteiger partial charge in [0, 0.05) is 0 Å². The Kier molecular flexibility index (Phi) is 6.10. The van der Waals surface area contributed by atoms with Gasteiger partial charge in [0.2, 0.25) is 10.0 Å². The number of carbonyl (C=O) groups excluding carboxylic acids is 2. The number of hydrogen-bond acceptors (Lipinski definition) is 6. The zero-order valence-electron chi connectivity index (χ0n) is 15.5. The van der Waals surface area contributed by atoms with Crippen molar-refractivity contribution in [1.29, 1.82) is 0 Å². The standard InChI is InChI=1S/C18H15F2N3O5S2/c1-2-28-15(24)9-23-13-7-6-10(30(21,26)27)8-14(13)29-18(23)22-17(25)16-11(19)4-3-5-12(16)20/h3-8H,2,9H2,1H3,(H2,21,26,27). The number of nitrogens with zero attached hydrogens (tertiary/aromatic N) is 2. The average molecular weight is 455 g/mol. The summed E-state index contributed by atoms with van der Waals surface area (Å²) in [6.07, 6.45) is 0. The van der Waals surface area contributed by atoms with Crippen LogP contribution in [0.3, 0.4) is 0 Å². The first kappa shape index (κ1) is 21.7. The van der Waals surface area contributed by atoms with E-state index in [1.165, 1.54) is 22.8 Å². The van der Waals surface area contributed by atoms with Crippen LogP contribution in [0.15, 0.2) is 46.3 Å². The summed E-state index contributed by atoms with van der Waals surface area (Å²) in [6.45, 7) is 1.37. The fourth-order valence-electron chi connectivity index (χ4n) is 2.65. The number of benzene rings is 2. The molecule has 0 saturated carbocycles. The van der Waals surface area contributed by atoms with Crippen LogP contribution >= 0.6 is 11.3 Å². The number of nitrogens with two attached hydrogens (primary N) is 1. The summed E-state index contributed by atoms with van der Waals surface area (Å²) in [6, 6.07) is 6.82. The van der Waals surface area contributed by atoms with Crippen LogP contribution in [0.1, 0.15) is 17.3 Å². The number of thiazole rings is 1. The van der Waals surface area contributed by atoms with Crippen molar-refractivity contribution in [2.45, 2.75) is 18.4 Å². The normalized spacial score (nSPS) is 12.3. The number of halogens is 2. The average Bonchev–Trinajstić information content (AvgIpc) is 2.97. The Morgan fingerprint density at radius 2 is 1.87 bits per heavy atom. The third-order valence-corrected chi connectivity index (χ3v) is 5.90. The zero-order chi connectivity index (χ0) is 22.1. The Hall–Kier alpha value is -2.96. The molecule has 0 fully saturated rings. The first-order valence-corrected chi connectivity index (χ1v) is 10.8. The number of hydrogen-bond donors (Lipinski definition) is 1. The molecule has 0 aliphatic heterocycles. The molecule has 0 radical (unpaired) electrons. The highest BCUT2D eigenvalue weighted by molar-refractivity contribution is 7.89. The number of ether oxygens (including phenoxy) is 1. The molecule has 0 spiro atoms. The van der Waals surface area contributed by atoms with Gasteiger partial charge in [-0.05, 0) is 37.3 Å². The fraction of sp³-hybridized carbons (Fsp3) is 0.167. The zero-order valence-corrected chi connectivity index (χ0v) is 17.1. The second-order valence-corrected chi connectivity index (χ2v) is 8.53. The molecule has 2 aromatic carbocycles. The minimum absolute atomic E-state index is 0.0720. The van der Waals surface area contributed by atoms with Crippen molar-refractivity contribution >= 4 is 43.5 Å². The smallest absolute Gasteiger partial charge is 0.326 e. The fourth-order valence-corrected chi connectivity index (χ4v) is 4.33. The van der Waals surface area contributed by atoms with Gasteiger partial charge >= 0.3 is 5.97 Å². The summed E-state index contributed by atoms with van der Waals surface area (Å²) in [5, 5.41) is 5.14. The number of rotatable bonds is 5. The van der Waals surface area contributed by atoms with Crippen molar-refractivity contribution in [3.8, 4) is 0 Å². The maximum absolute atomic E-state index is 13.9. The van der Waals surface area contributed by atoms with E-state index in [0.29, 0.717) is 10.2 Å². The van der Waals surface area contributed by atoms with Crippen LogP contribution in [0.2, 0.25) is 0 Å². The van der Waals surface area contributed by atoms with Gasteiger partial charge in [0.1, 0.15) is 23.7 Å². The lowest BCUT2D eigenvalue weighted by Crippen LogP contribution is -2.23. The molecule has 1 heterocycles. The molecule has 0 atom stereocenters. The summed E-state index contributed by atoms with van der Waals surface area (Å²) >= 11 is 0.852. The quantitative estimate of drug-likeness (QED) is 0.590. The molecule has 8 nitrogen and oxygen atoms in total. The van der Waals surface area contributed by atoms with Crippen molar-refractivity contribution in [3.05, 3.63) is 58.4 Å². The van der Waals surface area contributed by atoms with E-state index in [1.807, 2.05) is 0 Å². The first-order valence-electron chi connectivity index (χ1n) is 8.46. The number of sulfonamides is 1. The van der Waals surface area contributed by atoms with Crippen molar-refractivity contribution in [1.82, 2.24) is 4.57 Å². The molecule has 12 heteroatoms. The van der Waals surface area contributed by atoms with Crippen molar-refractivity contribution in [2.75, 3.05) is 6.61 Å². The molecule has 0 aliphatic rings. The Morgan fingerprint density at radius 1 is 1.20 bits per heavy atom. The number of aromatic nitrogens is 1. The van der Waals surface area contributed by atoms with E-state index in [-0.39, 0.29) is 22.8 Å². The van der Waals surface area contributed by atoms with E-state index in [1.54, 1.807) is 6.92 Å². The monoisotopic (exact) mass is 455 g/mol. The SMILES string of the molecule is CCOC(=O)Cn1c(=NC(=O)c2c(F)cccc2F)sc2cc(S(N)(=O)=O)ccc21. The summed E-state index contributed by atoms with van der Waals surface area (Å²) in [5.41, 5.74) is -0.483. The third-order valence-electron chi connectivity index (χ3n) is 3.95. The molecule has 0 bridgehead atoms. The van der Waals surface area contributed by atoms with Crippen molar-refractivity contribution < 1.29 is 31.5 Å². The summed E-state index contributed by atoms with van der Waals surface area (Å²) < 4.78 is 57.6. The van der Waals surface area contributed by atoms with Crippen LogP contribution in [0.25, 0.3) is 10.2 Å². The van der Waals surface area contributed by atoms with Gasteiger partial charge in [-0.15, -0.1) is 0 Å². The Bertz CT molecular complexity index is 1310. The van der Waals surface area contributed by atoms with Gasteiger partial charge in [0.15, 0.2) is 4.80 Å². The minimum atomic E-state index is -4.00. The number of primary sulfonamides is 1. The number of fused-ring (bicyclic) bond motifs is 1. The maximum atomic E-state index is 13.9. The highest BCUT2D eigenvalue weighted by Crippen LogP contribution is 2.22.